The van der Waals surface area contributed by atoms with Gasteiger partial charge in [0.1, 0.15) is 5.82 Å². The van der Waals surface area contributed by atoms with E-state index in [1.165, 1.54) is 0 Å². The van der Waals surface area contributed by atoms with Crippen molar-refractivity contribution < 1.29 is 0 Å². The van der Waals surface area contributed by atoms with E-state index in [0.29, 0.717) is 17.6 Å². The third-order valence-electron chi connectivity index (χ3n) is 3.59. The second kappa shape index (κ2) is 9.58. The number of benzene rings is 1. The van der Waals surface area contributed by atoms with Gasteiger partial charge in [0.2, 0.25) is 5.95 Å². The normalized spacial score (nSPS) is 11.2. The van der Waals surface area contributed by atoms with E-state index in [0.717, 1.165) is 15.4 Å². The molecular weight excluding hydrogens is 402 g/mol. The van der Waals surface area contributed by atoms with Gasteiger partial charge in [-0.25, -0.2) is 5.43 Å². The molecule has 1 aromatic carbocycles. The molecule has 0 saturated carbocycles. The number of rotatable bonds is 8. The van der Waals surface area contributed by atoms with E-state index in [1.807, 2.05) is 65.4 Å². The maximum Gasteiger partial charge on any atom is 0.247 e. The Balaban J connectivity index is 1.52. The Morgan fingerprint density at radius 2 is 1.38 bits per heavy atom. The number of hydrogen-bond acceptors (Lipinski definition) is 9. The van der Waals surface area contributed by atoms with Gasteiger partial charge in [-0.05, 0) is 35.0 Å². The number of nitrogens with zero attached hydrogens (tertiary/aromatic N) is 4. The largest absolute Gasteiger partial charge is 0.340 e. The lowest BCUT2D eigenvalue weighted by Gasteiger charge is -2.09. The second-order valence-electron chi connectivity index (χ2n) is 5.72. The van der Waals surface area contributed by atoms with E-state index in [4.69, 9.17) is 0 Å². The van der Waals surface area contributed by atoms with Crippen LogP contribution in [0.1, 0.15) is 9.75 Å². The van der Waals surface area contributed by atoms with Crippen molar-refractivity contribution in [3.63, 3.8) is 0 Å². The molecule has 7 nitrogen and oxygen atoms in total. The van der Waals surface area contributed by atoms with E-state index < -0.39 is 0 Å². The van der Waals surface area contributed by atoms with Crippen molar-refractivity contribution in [2.24, 2.45) is 10.2 Å². The Labute approximate surface area is 175 Å². The van der Waals surface area contributed by atoms with Crippen LogP contribution in [-0.4, -0.2) is 22.4 Å². The molecule has 0 saturated heterocycles. The minimum Gasteiger partial charge on any atom is -0.340 e. The molecule has 0 aliphatic carbocycles. The van der Waals surface area contributed by atoms with Gasteiger partial charge in [0.05, 0.1) is 12.4 Å². The summed E-state index contributed by atoms with van der Waals surface area (Å²) in [5.74, 6) is 1.52. The van der Waals surface area contributed by atoms with Gasteiger partial charge in [0.15, 0.2) is 5.82 Å². The van der Waals surface area contributed by atoms with Crippen LogP contribution in [0.15, 0.2) is 81.6 Å². The highest BCUT2D eigenvalue weighted by Gasteiger charge is 2.05. The van der Waals surface area contributed by atoms with Gasteiger partial charge < -0.3 is 5.32 Å². The van der Waals surface area contributed by atoms with Crippen LogP contribution in [0.2, 0.25) is 0 Å². The summed E-state index contributed by atoms with van der Waals surface area (Å²) in [5, 5.41) is 15.7. The summed E-state index contributed by atoms with van der Waals surface area (Å²) >= 11 is 3.21. The first-order valence-corrected chi connectivity index (χ1v) is 10.5. The first kappa shape index (κ1) is 18.8. The van der Waals surface area contributed by atoms with E-state index in [1.54, 1.807) is 41.2 Å². The van der Waals surface area contributed by atoms with Crippen molar-refractivity contribution in [2.45, 2.75) is 0 Å². The minimum absolute atomic E-state index is 0.354. The smallest absolute Gasteiger partial charge is 0.247 e. The zero-order valence-electron chi connectivity index (χ0n) is 15.2. The summed E-state index contributed by atoms with van der Waals surface area (Å²) in [4.78, 5) is 11.0. The van der Waals surface area contributed by atoms with Crippen LogP contribution in [0.3, 0.4) is 0 Å². The molecule has 0 aliphatic rings. The number of nitrogens with one attached hydrogen (secondary N) is 3. The summed E-state index contributed by atoms with van der Waals surface area (Å²) in [6, 6.07) is 19.5. The Kier molecular flexibility index (Phi) is 6.21. The highest BCUT2D eigenvalue weighted by Crippen LogP contribution is 2.19. The number of para-hydroxylation sites is 1. The van der Waals surface area contributed by atoms with Crippen molar-refractivity contribution in [2.75, 3.05) is 16.2 Å². The minimum atomic E-state index is 0.354. The predicted octanol–water partition coefficient (Wildman–Crippen LogP) is 5.24. The Bertz CT molecular complexity index is 1010. The van der Waals surface area contributed by atoms with Gasteiger partial charge in [0.25, 0.3) is 0 Å². The first-order chi connectivity index (χ1) is 14.3. The molecular formula is C20H17N7S2. The first-order valence-electron chi connectivity index (χ1n) is 8.71. The zero-order valence-corrected chi connectivity index (χ0v) is 16.8. The molecule has 9 heteroatoms. The molecule has 3 heterocycles. The average molecular weight is 420 g/mol. The topological polar surface area (TPSA) is 86.6 Å². The molecule has 0 bridgehead atoms. The molecule has 0 fully saturated rings. The van der Waals surface area contributed by atoms with Crippen LogP contribution in [0.25, 0.3) is 0 Å². The van der Waals surface area contributed by atoms with Gasteiger partial charge in [0, 0.05) is 21.5 Å². The lowest BCUT2D eigenvalue weighted by atomic mass is 10.3. The van der Waals surface area contributed by atoms with Crippen molar-refractivity contribution >= 4 is 58.4 Å². The number of hydrazone groups is 2. The summed E-state index contributed by atoms with van der Waals surface area (Å²) in [6.45, 7) is 0. The summed E-state index contributed by atoms with van der Waals surface area (Å²) in [6.07, 6.45) is 3.48. The van der Waals surface area contributed by atoms with Crippen LogP contribution >= 0.6 is 22.7 Å². The lowest BCUT2D eigenvalue weighted by Crippen LogP contribution is -2.04. The molecule has 4 aromatic rings. The molecule has 0 radical (unpaired) electrons. The maximum atomic E-state index is 4.47. The predicted molar refractivity (Wildman–Crippen MR) is 123 cm³/mol. The van der Waals surface area contributed by atoms with E-state index in [9.17, 15) is 0 Å². The van der Waals surface area contributed by atoms with Gasteiger partial charge in [-0.1, -0.05) is 30.3 Å². The third-order valence-corrected chi connectivity index (χ3v) is 5.20. The van der Waals surface area contributed by atoms with Crippen LogP contribution in [0.5, 0.6) is 0 Å². The SMILES string of the molecule is C(=NNc1cc(Nc2ccccc2)nc(NN=Cc2cccs2)n1)c1cccs1. The lowest BCUT2D eigenvalue weighted by molar-refractivity contribution is 1.11. The van der Waals surface area contributed by atoms with Gasteiger partial charge >= 0.3 is 0 Å². The molecule has 3 aromatic heterocycles. The monoisotopic (exact) mass is 419 g/mol. The Morgan fingerprint density at radius 1 is 0.724 bits per heavy atom. The molecule has 0 spiro atoms. The van der Waals surface area contributed by atoms with Crippen LogP contribution in [0.4, 0.5) is 23.3 Å². The molecule has 144 valence electrons. The third kappa shape index (κ3) is 5.71. The van der Waals surface area contributed by atoms with E-state index in [2.05, 4.69) is 36.3 Å². The fraction of sp³-hybridized carbons (Fsp3) is 0. The number of aromatic nitrogens is 2. The molecule has 0 unspecified atom stereocenters. The van der Waals surface area contributed by atoms with Crippen LogP contribution in [0, 0.1) is 0 Å². The fourth-order valence-electron chi connectivity index (χ4n) is 2.33. The Morgan fingerprint density at radius 3 is 2.03 bits per heavy atom. The average Bonchev–Trinajstić information content (AvgIpc) is 3.43. The second-order valence-corrected chi connectivity index (χ2v) is 7.68. The van der Waals surface area contributed by atoms with Crippen molar-refractivity contribution in [1.29, 1.82) is 0 Å². The van der Waals surface area contributed by atoms with Crippen LogP contribution < -0.4 is 16.2 Å². The summed E-state index contributed by atoms with van der Waals surface area (Å²) in [5.41, 5.74) is 6.75. The van der Waals surface area contributed by atoms with Gasteiger partial charge in [-0.3, -0.25) is 5.43 Å². The zero-order chi connectivity index (χ0) is 19.7. The van der Waals surface area contributed by atoms with Gasteiger partial charge in [-0.15, -0.1) is 22.7 Å². The number of hydrogen-bond donors (Lipinski definition) is 3. The molecule has 0 aliphatic heterocycles. The summed E-state index contributed by atoms with van der Waals surface area (Å²) in [7, 11) is 0. The molecule has 4 rings (SSSR count). The van der Waals surface area contributed by atoms with Crippen molar-refractivity contribution in [3.8, 4) is 0 Å². The van der Waals surface area contributed by atoms with E-state index >= 15 is 0 Å². The molecule has 0 atom stereocenters. The highest BCUT2D eigenvalue weighted by molar-refractivity contribution is 7.12. The number of anilines is 4. The van der Waals surface area contributed by atoms with Crippen LogP contribution in [-0.2, 0) is 0 Å². The van der Waals surface area contributed by atoms with E-state index in [-0.39, 0.29) is 0 Å². The quantitative estimate of drug-likeness (QED) is 0.269. The summed E-state index contributed by atoms with van der Waals surface area (Å²) < 4.78 is 0. The molecule has 0 amide bonds. The van der Waals surface area contributed by atoms with Crippen molar-refractivity contribution in [3.05, 3.63) is 81.2 Å². The Hall–Kier alpha value is -3.56. The maximum absolute atomic E-state index is 4.47. The fourth-order valence-corrected chi connectivity index (χ4v) is 3.50. The standard InChI is InChI=1S/C20H17N7S2/c1-2-6-15(7-3-1)23-18-12-19(26-21-13-16-8-4-10-28-16)25-20(24-18)27-22-14-17-9-5-11-29-17/h1-14H,(H3,23,24,25,26,27). The van der Waals surface area contributed by atoms with Gasteiger partial charge in [-0.2, -0.15) is 20.2 Å². The highest BCUT2D eigenvalue weighted by atomic mass is 32.1. The van der Waals surface area contributed by atoms with Crippen molar-refractivity contribution in [1.82, 2.24) is 9.97 Å². The molecule has 29 heavy (non-hydrogen) atoms. The molecule has 3 N–H and O–H groups in total. The number of thiophene rings is 2.